The van der Waals surface area contributed by atoms with Gasteiger partial charge in [0.2, 0.25) is 0 Å². The fraction of sp³-hybridized carbons (Fsp3) is 0.500. The van der Waals surface area contributed by atoms with Crippen LogP contribution in [0.25, 0.3) is 0 Å². The van der Waals surface area contributed by atoms with Crippen molar-refractivity contribution in [2.24, 2.45) is 5.92 Å². The minimum absolute atomic E-state index is 0.288. The Balaban J connectivity index is 2.39. The number of carboxylic acids is 1. The van der Waals surface area contributed by atoms with Crippen molar-refractivity contribution >= 4 is 11.9 Å². The van der Waals surface area contributed by atoms with E-state index in [1.807, 2.05) is 12.1 Å². The van der Waals surface area contributed by atoms with Gasteiger partial charge in [0.25, 0.3) is 0 Å². The van der Waals surface area contributed by atoms with E-state index in [0.717, 1.165) is 5.56 Å². The topological polar surface area (TPSA) is 72.8 Å². The number of para-hydroxylation sites is 1. The monoisotopic (exact) mass is 292 g/mol. The van der Waals surface area contributed by atoms with Crippen molar-refractivity contribution in [1.29, 1.82) is 0 Å². The second-order valence-corrected chi connectivity index (χ2v) is 5.66. The zero-order valence-electron chi connectivity index (χ0n) is 12.5. The minimum Gasteiger partial charge on any atom is -0.493 e. The SMILES string of the molecule is COC(=O)[C@H](C)Cc1cccc2c1OCCC2(C)C(=O)O. The molecule has 0 radical (unpaired) electrons. The van der Waals surface area contributed by atoms with Crippen molar-refractivity contribution in [3.05, 3.63) is 29.3 Å². The highest BCUT2D eigenvalue weighted by atomic mass is 16.5. The minimum atomic E-state index is -0.946. The number of hydrogen-bond donors (Lipinski definition) is 1. The Labute approximate surface area is 123 Å². The Morgan fingerprint density at radius 2 is 2.19 bits per heavy atom. The summed E-state index contributed by atoms with van der Waals surface area (Å²) in [5.74, 6) is -0.845. The fourth-order valence-electron chi connectivity index (χ4n) is 2.68. The van der Waals surface area contributed by atoms with E-state index in [1.54, 1.807) is 19.9 Å². The van der Waals surface area contributed by atoms with Gasteiger partial charge < -0.3 is 14.6 Å². The Morgan fingerprint density at radius 1 is 1.48 bits per heavy atom. The van der Waals surface area contributed by atoms with Crippen LogP contribution in [-0.2, 0) is 26.2 Å². The molecule has 5 nitrogen and oxygen atoms in total. The maximum absolute atomic E-state index is 11.6. The highest BCUT2D eigenvalue weighted by molar-refractivity contribution is 5.82. The lowest BCUT2D eigenvalue weighted by atomic mass is 9.76. The van der Waals surface area contributed by atoms with Gasteiger partial charge >= 0.3 is 11.9 Å². The average molecular weight is 292 g/mol. The van der Waals surface area contributed by atoms with Crippen molar-refractivity contribution in [3.63, 3.8) is 0 Å². The van der Waals surface area contributed by atoms with Gasteiger partial charge in [-0.3, -0.25) is 9.59 Å². The number of hydrogen-bond acceptors (Lipinski definition) is 4. The number of rotatable bonds is 4. The number of ether oxygens (including phenoxy) is 2. The highest BCUT2D eigenvalue weighted by Gasteiger charge is 2.41. The van der Waals surface area contributed by atoms with Crippen molar-refractivity contribution in [2.75, 3.05) is 13.7 Å². The average Bonchev–Trinajstić information content (AvgIpc) is 2.47. The molecule has 1 N–H and O–H groups in total. The lowest BCUT2D eigenvalue weighted by Crippen LogP contribution is -2.38. The first-order chi connectivity index (χ1) is 9.90. The second-order valence-electron chi connectivity index (χ2n) is 5.66. The molecular formula is C16H20O5. The predicted octanol–water partition coefficient (Wildman–Crippen LogP) is 2.16. The molecule has 0 aliphatic carbocycles. The van der Waals surface area contributed by atoms with Crippen LogP contribution in [0.15, 0.2) is 18.2 Å². The molecule has 1 aliphatic heterocycles. The van der Waals surface area contributed by atoms with Gasteiger partial charge in [-0.25, -0.2) is 0 Å². The van der Waals surface area contributed by atoms with Gasteiger partial charge in [-0.05, 0) is 18.9 Å². The maximum Gasteiger partial charge on any atom is 0.314 e. The quantitative estimate of drug-likeness (QED) is 0.861. The highest BCUT2D eigenvalue weighted by Crippen LogP contribution is 2.41. The number of esters is 1. The molecular weight excluding hydrogens is 272 g/mol. The third kappa shape index (κ3) is 2.73. The van der Waals surface area contributed by atoms with Crippen LogP contribution >= 0.6 is 0 Å². The van der Waals surface area contributed by atoms with E-state index in [9.17, 15) is 14.7 Å². The molecule has 1 unspecified atom stereocenters. The standard InChI is InChI=1S/C16H20O5/c1-10(14(17)20-3)9-11-5-4-6-12-13(11)21-8-7-16(12,2)15(18)19/h4-6,10H,7-9H2,1-3H3,(H,18,19)/t10-,16?/m1/s1. The van der Waals surface area contributed by atoms with Crippen LogP contribution in [0.1, 0.15) is 31.4 Å². The fourth-order valence-corrected chi connectivity index (χ4v) is 2.68. The summed E-state index contributed by atoms with van der Waals surface area (Å²) in [6.07, 6.45) is 0.900. The first-order valence-electron chi connectivity index (χ1n) is 6.96. The molecule has 1 aliphatic rings. The molecule has 0 saturated heterocycles. The molecule has 0 bridgehead atoms. The number of carboxylic acid groups (broad SMARTS) is 1. The summed E-state index contributed by atoms with van der Waals surface area (Å²) in [5.41, 5.74) is 0.575. The van der Waals surface area contributed by atoms with E-state index in [1.165, 1.54) is 7.11 Å². The first-order valence-corrected chi connectivity index (χ1v) is 6.96. The summed E-state index contributed by atoms with van der Waals surface area (Å²) < 4.78 is 10.4. The summed E-state index contributed by atoms with van der Waals surface area (Å²) in [6.45, 7) is 3.86. The molecule has 0 aromatic heterocycles. The zero-order valence-corrected chi connectivity index (χ0v) is 12.5. The number of carbonyl (C=O) groups excluding carboxylic acids is 1. The van der Waals surface area contributed by atoms with Gasteiger partial charge in [0.05, 0.1) is 25.0 Å². The molecule has 0 amide bonds. The summed E-state index contributed by atoms with van der Waals surface area (Å²) >= 11 is 0. The normalized spacial score (nSPS) is 21.9. The van der Waals surface area contributed by atoms with Gasteiger partial charge in [0, 0.05) is 12.0 Å². The molecule has 2 atom stereocenters. The lowest BCUT2D eigenvalue weighted by Gasteiger charge is -2.33. The number of methoxy groups -OCH3 is 1. The Hall–Kier alpha value is -2.04. The van der Waals surface area contributed by atoms with Crippen LogP contribution in [-0.4, -0.2) is 30.8 Å². The van der Waals surface area contributed by atoms with Crippen molar-refractivity contribution in [3.8, 4) is 5.75 Å². The van der Waals surface area contributed by atoms with Gasteiger partial charge in [0.15, 0.2) is 0 Å². The Bertz CT molecular complexity index is 566. The van der Waals surface area contributed by atoms with E-state index < -0.39 is 11.4 Å². The molecule has 1 aromatic rings. The number of benzene rings is 1. The molecule has 0 saturated carbocycles. The van der Waals surface area contributed by atoms with Crippen molar-refractivity contribution < 1.29 is 24.2 Å². The molecule has 0 spiro atoms. The van der Waals surface area contributed by atoms with Crippen LogP contribution in [0.5, 0.6) is 5.75 Å². The molecule has 21 heavy (non-hydrogen) atoms. The van der Waals surface area contributed by atoms with E-state index in [-0.39, 0.29) is 11.9 Å². The summed E-state index contributed by atoms with van der Waals surface area (Å²) in [5, 5.41) is 9.51. The van der Waals surface area contributed by atoms with E-state index in [0.29, 0.717) is 30.8 Å². The molecule has 5 heteroatoms. The summed E-state index contributed by atoms with van der Waals surface area (Å²) in [7, 11) is 1.36. The van der Waals surface area contributed by atoms with Crippen LogP contribution in [0.3, 0.4) is 0 Å². The molecule has 0 fully saturated rings. The lowest BCUT2D eigenvalue weighted by molar-refractivity contribution is -0.145. The summed E-state index contributed by atoms with van der Waals surface area (Å²) in [6, 6.07) is 5.47. The van der Waals surface area contributed by atoms with E-state index >= 15 is 0 Å². The number of fused-ring (bicyclic) bond motifs is 1. The van der Waals surface area contributed by atoms with E-state index in [4.69, 9.17) is 9.47 Å². The van der Waals surface area contributed by atoms with Crippen LogP contribution in [0.4, 0.5) is 0 Å². The van der Waals surface area contributed by atoms with Gasteiger partial charge in [-0.15, -0.1) is 0 Å². The third-order valence-electron chi connectivity index (χ3n) is 4.14. The second kappa shape index (κ2) is 5.76. The molecule has 2 rings (SSSR count). The molecule has 1 aromatic carbocycles. The van der Waals surface area contributed by atoms with Crippen molar-refractivity contribution in [1.82, 2.24) is 0 Å². The number of aliphatic carboxylic acids is 1. The van der Waals surface area contributed by atoms with Crippen molar-refractivity contribution in [2.45, 2.75) is 32.1 Å². The van der Waals surface area contributed by atoms with Crippen LogP contribution < -0.4 is 4.74 Å². The number of carbonyl (C=O) groups is 2. The first kappa shape index (κ1) is 15.4. The van der Waals surface area contributed by atoms with Gasteiger partial charge in [-0.1, -0.05) is 25.1 Å². The molecule has 1 heterocycles. The predicted molar refractivity (Wildman–Crippen MR) is 76.4 cm³/mol. The Morgan fingerprint density at radius 3 is 2.81 bits per heavy atom. The largest absolute Gasteiger partial charge is 0.493 e. The van der Waals surface area contributed by atoms with Gasteiger partial charge in [0.1, 0.15) is 5.75 Å². The van der Waals surface area contributed by atoms with E-state index in [2.05, 4.69) is 0 Å². The van der Waals surface area contributed by atoms with Crippen LogP contribution in [0, 0.1) is 5.92 Å². The zero-order chi connectivity index (χ0) is 15.6. The van der Waals surface area contributed by atoms with Gasteiger partial charge in [-0.2, -0.15) is 0 Å². The smallest absolute Gasteiger partial charge is 0.314 e. The summed E-state index contributed by atoms with van der Waals surface area (Å²) in [4.78, 5) is 23.2. The maximum atomic E-state index is 11.6. The third-order valence-corrected chi connectivity index (χ3v) is 4.14. The Kier molecular flexibility index (Phi) is 4.21. The molecule has 114 valence electrons. The van der Waals surface area contributed by atoms with Crippen LogP contribution in [0.2, 0.25) is 0 Å².